The topological polar surface area (TPSA) is 52.6 Å². The number of ether oxygens (including phenoxy) is 2. The first kappa shape index (κ1) is 22.3. The second-order valence-electron chi connectivity index (χ2n) is 7.10. The van der Waals surface area contributed by atoms with Gasteiger partial charge in [-0.3, -0.25) is 0 Å². The van der Waals surface area contributed by atoms with Crippen LogP contribution in [0.4, 0.5) is 0 Å². The quantitative estimate of drug-likeness (QED) is 0.588. The SMILES string of the molecule is CO[C@H]([C@H](C)[C@H](/C=C/c1ccccc1)OC)[C@@H](C)CS(=O)(=O)c1ccccc1. The van der Waals surface area contributed by atoms with Crippen molar-refractivity contribution in [3.8, 4) is 0 Å². The fraction of sp³-hybridized carbons (Fsp3) is 0.391. The third-order valence-corrected chi connectivity index (χ3v) is 6.96. The molecule has 0 bridgehead atoms. The summed E-state index contributed by atoms with van der Waals surface area (Å²) >= 11 is 0. The van der Waals surface area contributed by atoms with Gasteiger partial charge >= 0.3 is 0 Å². The molecule has 0 saturated heterocycles. The lowest BCUT2D eigenvalue weighted by atomic mass is 9.89. The van der Waals surface area contributed by atoms with E-state index in [-0.39, 0.29) is 29.8 Å². The third-order valence-electron chi connectivity index (χ3n) is 5.00. The Labute approximate surface area is 169 Å². The summed E-state index contributed by atoms with van der Waals surface area (Å²) in [6.45, 7) is 3.95. The molecule has 152 valence electrons. The number of sulfone groups is 1. The molecule has 0 amide bonds. The lowest BCUT2D eigenvalue weighted by Crippen LogP contribution is -2.38. The van der Waals surface area contributed by atoms with Crippen molar-refractivity contribution < 1.29 is 17.9 Å². The summed E-state index contributed by atoms with van der Waals surface area (Å²) in [4.78, 5) is 0.344. The standard InChI is InChI=1S/C23H30O4S/c1-18(17-28(24,25)21-13-9-6-10-14-21)23(27-4)19(2)22(26-3)16-15-20-11-7-5-8-12-20/h5-16,18-19,22-23H,17H2,1-4H3/b16-15+/t18-,19+,22-,23-/m0/s1. The van der Waals surface area contributed by atoms with Crippen LogP contribution in [-0.4, -0.2) is 40.6 Å². The zero-order valence-electron chi connectivity index (χ0n) is 17.0. The predicted molar refractivity (Wildman–Crippen MR) is 114 cm³/mol. The Bertz CT molecular complexity index is 831. The van der Waals surface area contributed by atoms with Crippen LogP contribution in [0.5, 0.6) is 0 Å². The number of hydrogen-bond acceptors (Lipinski definition) is 4. The van der Waals surface area contributed by atoms with E-state index in [1.54, 1.807) is 38.5 Å². The number of rotatable bonds is 10. The molecule has 0 radical (unpaired) electrons. The van der Waals surface area contributed by atoms with E-state index in [1.165, 1.54) is 0 Å². The van der Waals surface area contributed by atoms with E-state index in [1.807, 2.05) is 62.4 Å². The molecule has 0 heterocycles. The molecule has 4 nitrogen and oxygen atoms in total. The summed E-state index contributed by atoms with van der Waals surface area (Å²) in [5.41, 5.74) is 1.09. The molecule has 0 N–H and O–H groups in total. The summed E-state index contributed by atoms with van der Waals surface area (Å²) in [6.07, 6.45) is 3.57. The molecule has 2 rings (SSSR count). The molecule has 5 heteroatoms. The van der Waals surface area contributed by atoms with Crippen molar-refractivity contribution in [2.24, 2.45) is 11.8 Å². The van der Waals surface area contributed by atoms with Crippen LogP contribution in [-0.2, 0) is 19.3 Å². The zero-order chi connectivity index (χ0) is 20.6. The summed E-state index contributed by atoms with van der Waals surface area (Å²) in [7, 11) is -0.0879. The summed E-state index contributed by atoms with van der Waals surface area (Å²) in [6, 6.07) is 18.6. The Morgan fingerprint density at radius 1 is 0.893 bits per heavy atom. The Morgan fingerprint density at radius 2 is 1.46 bits per heavy atom. The van der Waals surface area contributed by atoms with Crippen molar-refractivity contribution in [3.63, 3.8) is 0 Å². The molecule has 0 unspecified atom stereocenters. The third kappa shape index (κ3) is 6.03. The highest BCUT2D eigenvalue weighted by Crippen LogP contribution is 2.25. The minimum Gasteiger partial charge on any atom is -0.381 e. The highest BCUT2D eigenvalue weighted by molar-refractivity contribution is 7.91. The Kier molecular flexibility index (Phi) is 8.42. The van der Waals surface area contributed by atoms with Gasteiger partial charge < -0.3 is 9.47 Å². The lowest BCUT2D eigenvalue weighted by molar-refractivity contribution is -0.0278. The molecule has 2 aromatic rings. The van der Waals surface area contributed by atoms with Crippen LogP contribution in [0, 0.1) is 11.8 Å². The van der Waals surface area contributed by atoms with Gasteiger partial charge in [0.25, 0.3) is 0 Å². The van der Waals surface area contributed by atoms with E-state index in [0.29, 0.717) is 4.90 Å². The van der Waals surface area contributed by atoms with Gasteiger partial charge in [-0.1, -0.05) is 74.5 Å². The molecule has 0 aliphatic carbocycles. The first-order chi connectivity index (χ1) is 13.4. The van der Waals surface area contributed by atoms with Gasteiger partial charge in [0.15, 0.2) is 9.84 Å². The Balaban J connectivity index is 2.12. The first-order valence-corrected chi connectivity index (χ1v) is 11.1. The molecule has 0 spiro atoms. The molecule has 0 aliphatic rings. The van der Waals surface area contributed by atoms with Crippen molar-refractivity contribution >= 4 is 15.9 Å². The van der Waals surface area contributed by atoms with Crippen LogP contribution in [0.25, 0.3) is 6.08 Å². The van der Waals surface area contributed by atoms with Crippen LogP contribution in [0.15, 0.2) is 71.6 Å². The minimum atomic E-state index is -3.37. The van der Waals surface area contributed by atoms with Crippen LogP contribution >= 0.6 is 0 Å². The Morgan fingerprint density at radius 3 is 2.00 bits per heavy atom. The maximum atomic E-state index is 12.7. The normalized spacial score (nSPS) is 16.6. The molecular formula is C23H30O4S. The van der Waals surface area contributed by atoms with Gasteiger partial charge in [0.1, 0.15) is 0 Å². The van der Waals surface area contributed by atoms with Crippen LogP contribution in [0.3, 0.4) is 0 Å². The van der Waals surface area contributed by atoms with Gasteiger partial charge in [-0.2, -0.15) is 0 Å². The van der Waals surface area contributed by atoms with Crippen LogP contribution in [0.1, 0.15) is 19.4 Å². The second-order valence-corrected chi connectivity index (χ2v) is 9.14. The number of benzene rings is 2. The second kappa shape index (κ2) is 10.6. The zero-order valence-corrected chi connectivity index (χ0v) is 17.8. The Hall–Kier alpha value is -1.95. The van der Waals surface area contributed by atoms with Gasteiger partial charge in [0.05, 0.1) is 22.9 Å². The monoisotopic (exact) mass is 402 g/mol. The average Bonchev–Trinajstić information content (AvgIpc) is 2.70. The van der Waals surface area contributed by atoms with E-state index in [0.717, 1.165) is 5.56 Å². The first-order valence-electron chi connectivity index (χ1n) is 9.45. The molecule has 2 aromatic carbocycles. The van der Waals surface area contributed by atoms with E-state index in [9.17, 15) is 8.42 Å². The number of methoxy groups -OCH3 is 2. The van der Waals surface area contributed by atoms with Gasteiger partial charge in [-0.15, -0.1) is 0 Å². The van der Waals surface area contributed by atoms with Crippen molar-refractivity contribution in [2.45, 2.75) is 31.0 Å². The van der Waals surface area contributed by atoms with Crippen molar-refractivity contribution in [2.75, 3.05) is 20.0 Å². The molecule has 0 saturated carbocycles. The summed E-state index contributed by atoms with van der Waals surface area (Å²) < 4.78 is 36.8. The molecule has 4 atom stereocenters. The van der Waals surface area contributed by atoms with Gasteiger partial charge in [-0.25, -0.2) is 8.42 Å². The smallest absolute Gasteiger partial charge is 0.178 e. The van der Waals surface area contributed by atoms with Crippen molar-refractivity contribution in [3.05, 3.63) is 72.3 Å². The van der Waals surface area contributed by atoms with E-state index >= 15 is 0 Å². The molecule has 0 fully saturated rings. The van der Waals surface area contributed by atoms with Crippen LogP contribution in [0.2, 0.25) is 0 Å². The van der Waals surface area contributed by atoms with E-state index < -0.39 is 9.84 Å². The van der Waals surface area contributed by atoms with Gasteiger partial charge in [0, 0.05) is 20.1 Å². The van der Waals surface area contributed by atoms with E-state index in [4.69, 9.17) is 9.47 Å². The maximum absolute atomic E-state index is 12.7. The lowest BCUT2D eigenvalue weighted by Gasteiger charge is -2.32. The van der Waals surface area contributed by atoms with Gasteiger partial charge in [-0.05, 0) is 23.6 Å². The van der Waals surface area contributed by atoms with Crippen molar-refractivity contribution in [1.82, 2.24) is 0 Å². The minimum absolute atomic E-state index is 0.0177. The largest absolute Gasteiger partial charge is 0.381 e. The van der Waals surface area contributed by atoms with Crippen LogP contribution < -0.4 is 0 Å². The summed E-state index contributed by atoms with van der Waals surface area (Å²) in [5, 5.41) is 0. The van der Waals surface area contributed by atoms with Gasteiger partial charge in [0.2, 0.25) is 0 Å². The average molecular weight is 403 g/mol. The fourth-order valence-electron chi connectivity index (χ4n) is 3.56. The highest BCUT2D eigenvalue weighted by Gasteiger charge is 2.32. The molecule has 0 aliphatic heterocycles. The maximum Gasteiger partial charge on any atom is 0.178 e. The fourth-order valence-corrected chi connectivity index (χ4v) is 5.20. The van der Waals surface area contributed by atoms with E-state index in [2.05, 4.69) is 0 Å². The van der Waals surface area contributed by atoms with Crippen molar-refractivity contribution in [1.29, 1.82) is 0 Å². The highest BCUT2D eigenvalue weighted by atomic mass is 32.2. The summed E-state index contributed by atoms with van der Waals surface area (Å²) in [5.74, 6) is -0.178. The predicted octanol–water partition coefficient (Wildman–Crippen LogP) is 4.48. The molecule has 0 aromatic heterocycles. The molecule has 28 heavy (non-hydrogen) atoms. The number of hydrogen-bond donors (Lipinski definition) is 0. The molecular weight excluding hydrogens is 372 g/mol.